The average Bonchev–Trinajstić information content (AvgIpc) is 2.96. The Labute approximate surface area is 478 Å². The predicted molar refractivity (Wildman–Crippen MR) is 346 cm³/mol. The van der Waals surface area contributed by atoms with E-state index in [2.05, 4.69) is 333 Å². The van der Waals surface area contributed by atoms with Crippen molar-refractivity contribution in [3.63, 3.8) is 0 Å². The molecule has 0 spiro atoms. The van der Waals surface area contributed by atoms with Gasteiger partial charge in [0.1, 0.15) is 0 Å². The van der Waals surface area contributed by atoms with Crippen LogP contribution in [-0.4, -0.2) is 34.9 Å². The Balaban J connectivity index is 0.894. The van der Waals surface area contributed by atoms with Crippen molar-refractivity contribution in [1.82, 2.24) is 14.0 Å². The average molecular weight is 1040 g/mol. The minimum Gasteiger partial charge on any atom is -0.416 e. The fourth-order valence-corrected chi connectivity index (χ4v) is 13.4. The Kier molecular flexibility index (Phi) is 11.4. The number of anilines is 3. The largest absolute Gasteiger partial charge is 0.416 e. The molecule has 0 radical (unpaired) electrons. The van der Waals surface area contributed by atoms with Gasteiger partial charge in [0.2, 0.25) is 5.78 Å². The van der Waals surface area contributed by atoms with Gasteiger partial charge in [-0.2, -0.15) is 0 Å². The van der Waals surface area contributed by atoms with Crippen LogP contribution in [-0.2, 0) is 0 Å². The highest BCUT2D eigenvalue weighted by atomic mass is 15.3. The number of benzene rings is 12. The molecule has 12 aromatic carbocycles. The van der Waals surface area contributed by atoms with Crippen molar-refractivity contribution < 1.29 is 0 Å². The van der Waals surface area contributed by atoms with Crippen molar-refractivity contribution in [2.75, 3.05) is 14.2 Å². The first-order chi connectivity index (χ1) is 40.7. The molecule has 0 atom stereocenters. The zero-order valence-corrected chi connectivity index (χ0v) is 44.9. The van der Waals surface area contributed by atoms with Crippen LogP contribution in [0.3, 0.4) is 0 Å². The number of para-hydroxylation sites is 7. The third-order valence-electron chi connectivity index (χ3n) is 16.9. The molecule has 0 unspecified atom stereocenters. The molecule has 0 N–H and O–H groups in total. The molecule has 1 saturated heterocycles. The summed E-state index contributed by atoms with van der Waals surface area (Å²) in [4.78, 5) is 5.27. The summed E-state index contributed by atoms with van der Waals surface area (Å²) >= 11 is 0. The van der Waals surface area contributed by atoms with E-state index in [1.807, 2.05) is 0 Å². The highest BCUT2D eigenvalue weighted by Crippen LogP contribution is 2.49. The van der Waals surface area contributed by atoms with Gasteiger partial charge < -0.3 is 14.2 Å². The Morgan fingerprint density at radius 3 is 1.18 bits per heavy atom. The summed E-state index contributed by atoms with van der Waals surface area (Å²) in [7, 11) is 0. The topological polar surface area (TPSA) is 32.0 Å². The van der Waals surface area contributed by atoms with Crippen molar-refractivity contribution in [2.24, 2.45) is 0 Å². The van der Waals surface area contributed by atoms with Crippen LogP contribution in [0.25, 0.3) is 89.2 Å². The lowest BCUT2D eigenvalue weighted by molar-refractivity contribution is 1.11. The molecule has 382 valence electrons. The molecule has 1 aliphatic carbocycles. The van der Waals surface area contributed by atoms with E-state index in [1.165, 1.54) is 60.9 Å². The molecule has 0 bridgehead atoms. The smallest absolute Gasteiger partial charge is 0.388 e. The molecule has 1 fully saturated rings. The van der Waals surface area contributed by atoms with E-state index in [0.717, 1.165) is 61.7 Å². The lowest BCUT2D eigenvalue weighted by Crippen LogP contribution is -2.86. The summed E-state index contributed by atoms with van der Waals surface area (Å²) in [5.41, 5.74) is 24.1. The molecule has 9 heteroatoms. The first-order valence-electron chi connectivity index (χ1n) is 28.3. The molecular weight excluding hydrogens is 993 g/mol. The summed E-state index contributed by atoms with van der Waals surface area (Å²) in [6.45, 7) is -0.757. The van der Waals surface area contributed by atoms with E-state index >= 15 is 0 Å². The number of imidazole rings is 2. The zero-order chi connectivity index (χ0) is 54.1. The van der Waals surface area contributed by atoms with Gasteiger partial charge in [0.25, 0.3) is 0 Å². The van der Waals surface area contributed by atoms with Gasteiger partial charge >= 0.3 is 20.9 Å². The molecule has 2 aliphatic rings. The minimum atomic E-state index is -0.290. The van der Waals surface area contributed by atoms with Crippen molar-refractivity contribution >= 4 is 82.2 Å². The van der Waals surface area contributed by atoms with E-state index in [0.29, 0.717) is 0 Å². The van der Waals surface area contributed by atoms with Gasteiger partial charge in [-0.3, -0.25) is 8.97 Å². The zero-order valence-electron chi connectivity index (χ0n) is 44.9. The summed E-state index contributed by atoms with van der Waals surface area (Å²) in [6, 6.07) is 114. The van der Waals surface area contributed by atoms with Gasteiger partial charge in [-0.15, -0.1) is 0 Å². The number of hydrogen-bond acceptors (Lipinski definition) is 4. The third-order valence-corrected chi connectivity index (χ3v) is 16.9. The first-order valence-corrected chi connectivity index (χ1v) is 28.3. The number of nitrogens with zero attached hydrogens (tertiary/aromatic N) is 6. The second-order valence-electron chi connectivity index (χ2n) is 21.4. The maximum Gasteiger partial charge on any atom is 0.388 e. The summed E-state index contributed by atoms with van der Waals surface area (Å²) in [5, 5.41) is 0. The maximum absolute atomic E-state index is 5.27. The van der Waals surface area contributed by atoms with E-state index in [9.17, 15) is 0 Å². The molecule has 16 rings (SSSR count). The SMILES string of the molecule is c1ccc(B2N(c3ccccc3)B(c3ccccc3)N(c3ccccc3)B(c3cccc(-c4ccc5c(c4)-c4ccccc4-c4cc(-n6c7ccccc7n7c8ccccc8nc67)ccc4-c4ccccc4-5)c3)N2c2ccccc2)cc1. The molecule has 2 aromatic heterocycles. The molecule has 6 nitrogen and oxygen atoms in total. The number of rotatable bonds is 8. The Hall–Kier alpha value is -10.5. The predicted octanol–water partition coefficient (Wildman–Crippen LogP) is 15.1. The second kappa shape index (κ2) is 19.7. The lowest BCUT2D eigenvalue weighted by atomic mass is 9.37. The van der Waals surface area contributed by atoms with Crippen LogP contribution in [0.1, 0.15) is 0 Å². The molecule has 3 heterocycles. The number of hydrogen-bond donors (Lipinski definition) is 0. The third kappa shape index (κ3) is 7.72. The molecule has 82 heavy (non-hydrogen) atoms. The van der Waals surface area contributed by atoms with Crippen molar-refractivity contribution in [3.05, 3.63) is 309 Å². The van der Waals surface area contributed by atoms with Gasteiger partial charge in [-0.05, 0) is 151 Å². The monoisotopic (exact) mass is 1040 g/mol. The van der Waals surface area contributed by atoms with Gasteiger partial charge in [-0.25, -0.2) is 4.98 Å². The lowest BCUT2D eigenvalue weighted by Gasteiger charge is -2.57. The van der Waals surface area contributed by atoms with Crippen LogP contribution < -0.4 is 30.6 Å². The van der Waals surface area contributed by atoms with Gasteiger partial charge in [0.05, 0.1) is 22.1 Å². The van der Waals surface area contributed by atoms with Crippen LogP contribution in [0, 0.1) is 0 Å². The highest BCUT2D eigenvalue weighted by molar-refractivity contribution is 7.14. The highest BCUT2D eigenvalue weighted by Gasteiger charge is 2.56. The molecule has 1 aliphatic heterocycles. The normalized spacial score (nSPS) is 13.0. The van der Waals surface area contributed by atoms with Crippen molar-refractivity contribution in [2.45, 2.75) is 0 Å². The molecule has 0 amide bonds. The standard InChI is InChI=1S/C73H51B3N6/c1-6-26-54(27-7-1)74-80(57-31-10-3-11-32-57)75(55-28-8-2-9-29-55)82(59-35-14-5-15-36-59)76(81(74)58-33-12-4-13-34-58)56-30-24-25-52(49-56)53-45-47-65-61-37-16-17-38-62(61)66-48-46-60(51-68(66)64-40-19-18-39-63(64)67(65)50-53)78-71-43-22-23-44-72(71)79-70-42-21-20-41-69(70)77-73(78)79/h1-51H. The van der Waals surface area contributed by atoms with Gasteiger partial charge in [0, 0.05) is 22.7 Å². The van der Waals surface area contributed by atoms with Crippen LogP contribution in [0.2, 0.25) is 0 Å². The van der Waals surface area contributed by atoms with E-state index in [-0.39, 0.29) is 20.9 Å². The number of fused-ring (bicyclic) bond motifs is 13. The second-order valence-corrected chi connectivity index (χ2v) is 21.4. The molecule has 14 aromatic rings. The summed E-state index contributed by atoms with van der Waals surface area (Å²) < 4.78 is 12.5. The van der Waals surface area contributed by atoms with Crippen LogP contribution in [0.15, 0.2) is 309 Å². The Morgan fingerprint density at radius 2 is 0.634 bits per heavy atom. The number of aromatic nitrogens is 3. The fourth-order valence-electron chi connectivity index (χ4n) is 13.4. The minimum absolute atomic E-state index is 0.234. The van der Waals surface area contributed by atoms with E-state index in [1.54, 1.807) is 0 Å². The van der Waals surface area contributed by atoms with Crippen molar-refractivity contribution in [1.29, 1.82) is 0 Å². The fraction of sp³-hybridized carbons (Fsp3) is 0. The van der Waals surface area contributed by atoms with Crippen LogP contribution in [0.4, 0.5) is 17.1 Å². The van der Waals surface area contributed by atoms with Gasteiger partial charge in [-0.1, -0.05) is 231 Å². The molecule has 0 saturated carbocycles. The summed E-state index contributed by atoms with van der Waals surface area (Å²) in [6.07, 6.45) is 0. The van der Waals surface area contributed by atoms with E-state index < -0.39 is 0 Å². The Morgan fingerprint density at radius 1 is 0.244 bits per heavy atom. The molecular formula is C73H51B3N6. The van der Waals surface area contributed by atoms with Crippen LogP contribution >= 0.6 is 0 Å². The van der Waals surface area contributed by atoms with Crippen LogP contribution in [0.5, 0.6) is 0 Å². The Bertz CT molecular complexity index is 4600. The van der Waals surface area contributed by atoms with Crippen molar-refractivity contribution in [3.8, 4) is 61.3 Å². The quantitative estimate of drug-likeness (QED) is 0.142. The first kappa shape index (κ1) is 47.5. The maximum atomic E-state index is 5.27. The summed E-state index contributed by atoms with van der Waals surface area (Å²) in [5.74, 6) is 0.894. The van der Waals surface area contributed by atoms with Gasteiger partial charge in [0.15, 0.2) is 0 Å². The van der Waals surface area contributed by atoms with E-state index in [4.69, 9.17) is 4.98 Å².